The lowest BCUT2D eigenvalue weighted by molar-refractivity contribution is -0.123. The molecule has 0 aromatic heterocycles. The molecule has 1 aromatic rings. The molecule has 1 aliphatic heterocycles. The minimum atomic E-state index is -0.653. The molecule has 0 radical (unpaired) electrons. The van der Waals surface area contributed by atoms with Crippen LogP contribution in [-0.4, -0.2) is 53.1 Å². The number of fused-ring (bicyclic) bond motifs is 1. The maximum atomic E-state index is 11.7. The van der Waals surface area contributed by atoms with Crippen LogP contribution >= 0.6 is 0 Å². The maximum absolute atomic E-state index is 11.7. The lowest BCUT2D eigenvalue weighted by atomic mass is 9.95. The van der Waals surface area contributed by atoms with Gasteiger partial charge in [0.25, 0.3) is 0 Å². The Hall–Kier alpha value is -2.21. The van der Waals surface area contributed by atoms with E-state index in [9.17, 15) is 15.0 Å². The lowest BCUT2D eigenvalue weighted by Crippen LogP contribution is -2.55. The number of carbonyl (C=O) groups is 1. The van der Waals surface area contributed by atoms with Crippen LogP contribution in [0.5, 0.6) is 5.75 Å². The molecule has 144 valence electrons. The number of aromatic hydroxyl groups is 1. The Kier molecular flexibility index (Phi) is 6.26. The molecule has 0 amide bonds. The summed E-state index contributed by atoms with van der Waals surface area (Å²) in [4.78, 5) is 13.8. The van der Waals surface area contributed by atoms with E-state index in [-0.39, 0.29) is 23.5 Å². The van der Waals surface area contributed by atoms with Gasteiger partial charge in [-0.2, -0.15) is 0 Å². The number of rotatable bonds is 5. The Labute approximate surface area is 160 Å². The molecule has 4 rings (SSSR count). The van der Waals surface area contributed by atoms with Crippen LogP contribution < -0.4 is 5.32 Å². The number of nitrogens with one attached hydrogen (secondary N) is 1. The van der Waals surface area contributed by atoms with Gasteiger partial charge in [0.2, 0.25) is 0 Å². The quantitative estimate of drug-likeness (QED) is 0.646. The third-order valence-electron chi connectivity index (χ3n) is 5.31. The van der Waals surface area contributed by atoms with Crippen molar-refractivity contribution in [2.75, 3.05) is 26.2 Å². The highest BCUT2D eigenvalue weighted by Crippen LogP contribution is 2.29. The van der Waals surface area contributed by atoms with Crippen molar-refractivity contribution in [2.24, 2.45) is 5.92 Å². The minimum Gasteiger partial charge on any atom is -0.508 e. The van der Waals surface area contributed by atoms with Crippen LogP contribution in [0.2, 0.25) is 0 Å². The zero-order valence-corrected chi connectivity index (χ0v) is 15.9. The zero-order valence-electron chi connectivity index (χ0n) is 15.9. The molecule has 3 unspecified atom stereocenters. The topological polar surface area (TPSA) is 72.8 Å². The second-order valence-electron chi connectivity index (χ2n) is 7.42. The molecule has 3 aliphatic rings. The molecule has 0 saturated carbocycles. The summed E-state index contributed by atoms with van der Waals surface area (Å²) >= 11 is 0. The van der Waals surface area contributed by atoms with E-state index in [0.717, 1.165) is 13.1 Å². The molecular formula is C22H28N2O3. The summed E-state index contributed by atoms with van der Waals surface area (Å²) in [5.74, 6) is 0.288. The predicted molar refractivity (Wildman–Crippen MR) is 107 cm³/mol. The van der Waals surface area contributed by atoms with Crippen LogP contribution in [-0.2, 0) is 4.79 Å². The van der Waals surface area contributed by atoms with E-state index in [1.165, 1.54) is 11.1 Å². The van der Waals surface area contributed by atoms with Gasteiger partial charge in [0.05, 0.1) is 12.1 Å². The number of Topliss-reactive ketones (excluding diaryl/α,β-unsaturated/α-hetero) is 1. The maximum Gasteiger partial charge on any atom is 0.148 e. The molecule has 2 aliphatic carbocycles. The van der Waals surface area contributed by atoms with Gasteiger partial charge in [-0.05, 0) is 41.7 Å². The Bertz CT molecular complexity index is 754. The van der Waals surface area contributed by atoms with Crippen molar-refractivity contribution in [3.05, 3.63) is 54.1 Å². The first-order valence-electron chi connectivity index (χ1n) is 9.48. The van der Waals surface area contributed by atoms with Crippen molar-refractivity contribution in [1.29, 1.82) is 0 Å². The van der Waals surface area contributed by atoms with Gasteiger partial charge in [-0.3, -0.25) is 9.69 Å². The smallest absolute Gasteiger partial charge is 0.148 e. The van der Waals surface area contributed by atoms with E-state index in [4.69, 9.17) is 0 Å². The van der Waals surface area contributed by atoms with Crippen LogP contribution in [0.15, 0.2) is 48.5 Å². The molecule has 0 bridgehead atoms. The third-order valence-corrected chi connectivity index (χ3v) is 5.31. The number of hydrogen-bond donors (Lipinski definition) is 3. The molecule has 5 heteroatoms. The van der Waals surface area contributed by atoms with Gasteiger partial charge < -0.3 is 15.5 Å². The number of carbonyl (C=O) groups excluding carboxylic acids is 1. The SMILES string of the molecule is CC(=O)C1CNCCN1CC(C)C(O)c1cccc(O)c1.c1cc2ccc1-2. The summed E-state index contributed by atoms with van der Waals surface area (Å²) in [6.45, 7) is 6.57. The van der Waals surface area contributed by atoms with Crippen LogP contribution in [0, 0.1) is 5.92 Å². The first-order valence-corrected chi connectivity index (χ1v) is 9.48. The highest BCUT2D eigenvalue weighted by molar-refractivity contribution is 5.81. The largest absolute Gasteiger partial charge is 0.508 e. The highest BCUT2D eigenvalue weighted by atomic mass is 16.3. The van der Waals surface area contributed by atoms with Crippen molar-refractivity contribution < 1.29 is 15.0 Å². The molecule has 5 nitrogen and oxygen atoms in total. The molecular weight excluding hydrogens is 340 g/mol. The molecule has 27 heavy (non-hydrogen) atoms. The number of nitrogens with zero attached hydrogens (tertiary/aromatic N) is 1. The Morgan fingerprint density at radius 3 is 2.41 bits per heavy atom. The Balaban J connectivity index is 0.000000290. The summed E-state index contributed by atoms with van der Waals surface area (Å²) < 4.78 is 0. The van der Waals surface area contributed by atoms with E-state index < -0.39 is 6.10 Å². The van der Waals surface area contributed by atoms with E-state index in [1.807, 2.05) is 6.92 Å². The number of benzene rings is 2. The lowest BCUT2D eigenvalue weighted by Gasteiger charge is -2.37. The van der Waals surface area contributed by atoms with Gasteiger partial charge in [0, 0.05) is 26.2 Å². The van der Waals surface area contributed by atoms with E-state index in [1.54, 1.807) is 31.2 Å². The first kappa shape index (κ1) is 19.5. The van der Waals surface area contributed by atoms with Crippen molar-refractivity contribution in [1.82, 2.24) is 10.2 Å². The van der Waals surface area contributed by atoms with Gasteiger partial charge >= 0.3 is 0 Å². The number of phenolic OH excluding ortho intramolecular Hbond substituents is 1. The van der Waals surface area contributed by atoms with E-state index in [2.05, 4.69) is 34.5 Å². The second-order valence-corrected chi connectivity index (χ2v) is 7.42. The molecule has 1 aromatic carbocycles. The van der Waals surface area contributed by atoms with Crippen LogP contribution in [0.4, 0.5) is 0 Å². The minimum absolute atomic E-state index is 0.0215. The predicted octanol–water partition coefficient (Wildman–Crippen LogP) is 2.59. The van der Waals surface area contributed by atoms with Gasteiger partial charge in [0.15, 0.2) is 0 Å². The highest BCUT2D eigenvalue weighted by Gasteiger charge is 2.29. The van der Waals surface area contributed by atoms with Crippen molar-refractivity contribution in [3.8, 4) is 16.9 Å². The number of piperazine rings is 1. The number of phenols is 1. The monoisotopic (exact) mass is 368 g/mol. The Morgan fingerprint density at radius 2 is 1.89 bits per heavy atom. The van der Waals surface area contributed by atoms with Crippen molar-refractivity contribution in [3.63, 3.8) is 0 Å². The fraction of sp³-hybridized carbons (Fsp3) is 0.409. The van der Waals surface area contributed by atoms with Gasteiger partial charge in [-0.25, -0.2) is 0 Å². The van der Waals surface area contributed by atoms with E-state index in [0.29, 0.717) is 18.7 Å². The number of ketones is 1. The zero-order chi connectivity index (χ0) is 19.4. The fourth-order valence-corrected chi connectivity index (χ4v) is 3.54. The summed E-state index contributed by atoms with van der Waals surface area (Å²) in [5, 5.41) is 23.2. The van der Waals surface area contributed by atoms with Crippen molar-refractivity contribution in [2.45, 2.75) is 26.0 Å². The number of hydrogen-bond acceptors (Lipinski definition) is 5. The fourth-order valence-electron chi connectivity index (χ4n) is 3.54. The van der Waals surface area contributed by atoms with Gasteiger partial charge in [-0.15, -0.1) is 0 Å². The molecule has 1 saturated heterocycles. The summed E-state index contributed by atoms with van der Waals surface area (Å²) in [5.41, 5.74) is 3.56. The molecule has 1 fully saturated rings. The standard InChI is InChI=1S/C16H24N2O3.C6H4/c1-11(16(21)13-4-3-5-14(20)8-13)10-18-7-6-17-9-15(18)12(2)19;1-2-6-4-3-5(1)6/h3-5,8,11,15-17,20-21H,6-7,9-10H2,1-2H3;1-4H. The van der Waals surface area contributed by atoms with E-state index >= 15 is 0 Å². The first-order chi connectivity index (χ1) is 13.0. The molecule has 3 N–H and O–H groups in total. The second kappa shape index (κ2) is 8.65. The normalized spacial score (nSPS) is 20.2. The van der Waals surface area contributed by atoms with Crippen LogP contribution in [0.25, 0.3) is 11.1 Å². The summed E-state index contributed by atoms with van der Waals surface area (Å²) in [6.07, 6.45) is -0.653. The van der Waals surface area contributed by atoms with Gasteiger partial charge in [0.1, 0.15) is 11.5 Å². The van der Waals surface area contributed by atoms with Gasteiger partial charge in [-0.1, -0.05) is 43.3 Å². The van der Waals surface area contributed by atoms with Crippen LogP contribution in [0.1, 0.15) is 25.5 Å². The number of aliphatic hydroxyl groups excluding tert-OH is 1. The average Bonchev–Trinajstić information content (AvgIpc) is 2.64. The summed E-state index contributed by atoms with van der Waals surface area (Å²) in [6, 6.07) is 15.1. The van der Waals surface area contributed by atoms with Crippen molar-refractivity contribution >= 4 is 5.78 Å². The van der Waals surface area contributed by atoms with Crippen LogP contribution in [0.3, 0.4) is 0 Å². The Morgan fingerprint density at radius 1 is 1.22 bits per heavy atom. The number of aliphatic hydroxyl groups is 1. The molecule has 0 spiro atoms. The average molecular weight is 368 g/mol. The third kappa shape index (κ3) is 4.75. The molecule has 1 heterocycles. The molecule has 3 atom stereocenters. The summed E-state index contributed by atoms with van der Waals surface area (Å²) in [7, 11) is 0.